The van der Waals surface area contributed by atoms with Gasteiger partial charge in [0.2, 0.25) is 18.6 Å². The van der Waals surface area contributed by atoms with Crippen LogP contribution in [0.2, 0.25) is 0 Å². The van der Waals surface area contributed by atoms with Crippen molar-refractivity contribution in [3.05, 3.63) is 17.7 Å². The molecule has 25 heavy (non-hydrogen) atoms. The summed E-state index contributed by atoms with van der Waals surface area (Å²) in [7, 11) is 0. The van der Waals surface area contributed by atoms with Gasteiger partial charge in [0.25, 0.3) is 0 Å². The summed E-state index contributed by atoms with van der Waals surface area (Å²) in [5, 5.41) is 2.81. The highest BCUT2D eigenvalue weighted by molar-refractivity contribution is 6.04. The molecular weight excluding hydrogens is 324 g/mol. The van der Waals surface area contributed by atoms with E-state index in [1.54, 1.807) is 24.0 Å². The fraction of sp³-hybridized carbons (Fsp3) is 0.500. The van der Waals surface area contributed by atoms with Crippen LogP contribution in [0, 0.1) is 5.92 Å². The highest BCUT2D eigenvalue weighted by Crippen LogP contribution is 2.37. The Bertz CT molecular complexity index is 716. The number of ketones is 1. The van der Waals surface area contributed by atoms with Gasteiger partial charge in [-0.15, -0.1) is 0 Å². The molecule has 1 N–H and O–H groups in total. The Labute approximate surface area is 146 Å². The van der Waals surface area contributed by atoms with Crippen LogP contribution in [0.1, 0.15) is 43.5 Å². The number of ether oxygens (including phenoxy) is 2. The first kappa shape index (κ1) is 17.3. The van der Waals surface area contributed by atoms with Crippen molar-refractivity contribution in [2.75, 3.05) is 25.2 Å². The van der Waals surface area contributed by atoms with Gasteiger partial charge in [-0.05, 0) is 31.7 Å². The Kier molecular flexibility index (Phi) is 4.92. The highest BCUT2D eigenvalue weighted by atomic mass is 16.7. The van der Waals surface area contributed by atoms with E-state index in [9.17, 15) is 14.4 Å². The number of carbonyl (C=O) groups excluding carboxylic acids is 3. The molecule has 7 heteroatoms. The van der Waals surface area contributed by atoms with Gasteiger partial charge in [-0.2, -0.15) is 0 Å². The van der Waals surface area contributed by atoms with Crippen molar-refractivity contribution < 1.29 is 23.9 Å². The number of rotatable bonds is 4. The first-order valence-electron chi connectivity index (χ1n) is 8.44. The van der Waals surface area contributed by atoms with Crippen LogP contribution in [0.4, 0.5) is 5.69 Å². The van der Waals surface area contributed by atoms with Gasteiger partial charge >= 0.3 is 0 Å². The van der Waals surface area contributed by atoms with Crippen LogP contribution < -0.4 is 14.8 Å². The lowest BCUT2D eigenvalue weighted by Crippen LogP contribution is -2.39. The van der Waals surface area contributed by atoms with Crippen LogP contribution in [-0.2, 0) is 9.59 Å². The number of hydrogen-bond acceptors (Lipinski definition) is 5. The van der Waals surface area contributed by atoms with E-state index >= 15 is 0 Å². The number of piperidine rings is 1. The molecule has 0 bridgehead atoms. The lowest BCUT2D eigenvalue weighted by Gasteiger charge is -2.31. The van der Waals surface area contributed by atoms with Gasteiger partial charge < -0.3 is 19.7 Å². The van der Waals surface area contributed by atoms with E-state index in [0.717, 1.165) is 19.4 Å². The number of nitrogens with one attached hydrogen (secondary N) is 1. The molecule has 1 aromatic rings. The van der Waals surface area contributed by atoms with E-state index in [-0.39, 0.29) is 30.3 Å². The Morgan fingerprint density at radius 3 is 2.60 bits per heavy atom. The largest absolute Gasteiger partial charge is 0.454 e. The average molecular weight is 346 g/mol. The molecule has 2 aliphatic rings. The number of fused-ring (bicyclic) bond motifs is 1. The van der Waals surface area contributed by atoms with Gasteiger partial charge in [-0.3, -0.25) is 14.4 Å². The third kappa shape index (κ3) is 3.92. The summed E-state index contributed by atoms with van der Waals surface area (Å²) in [5.41, 5.74) is 0.826. The number of anilines is 1. The Hall–Kier alpha value is -2.57. The number of hydrogen-bond donors (Lipinski definition) is 1. The van der Waals surface area contributed by atoms with Gasteiger partial charge in [-0.25, -0.2) is 0 Å². The van der Waals surface area contributed by atoms with Crippen molar-refractivity contribution >= 4 is 23.3 Å². The summed E-state index contributed by atoms with van der Waals surface area (Å²) in [4.78, 5) is 37.6. The number of likely N-dealkylation sites (tertiary alicyclic amines) is 1. The predicted molar refractivity (Wildman–Crippen MR) is 90.8 cm³/mol. The zero-order valence-electron chi connectivity index (χ0n) is 14.5. The summed E-state index contributed by atoms with van der Waals surface area (Å²) < 4.78 is 10.6. The number of Topliss-reactive ketones (excluding diaryl/α,β-unsaturated/α-hetero) is 1. The molecule has 2 amide bonds. The van der Waals surface area contributed by atoms with Crippen molar-refractivity contribution in [3.63, 3.8) is 0 Å². The Morgan fingerprint density at radius 2 is 1.92 bits per heavy atom. The summed E-state index contributed by atoms with van der Waals surface area (Å²) >= 11 is 0. The molecule has 1 unspecified atom stereocenters. The molecule has 1 fully saturated rings. The topological polar surface area (TPSA) is 84.9 Å². The molecule has 0 spiro atoms. The second-order valence-electron chi connectivity index (χ2n) is 6.53. The maximum Gasteiger partial charge on any atom is 0.231 e. The molecular formula is C18H22N2O5. The molecule has 0 aromatic heterocycles. The molecule has 3 rings (SSSR count). The average Bonchev–Trinajstić information content (AvgIpc) is 3.01. The van der Waals surface area contributed by atoms with Crippen LogP contribution in [0.25, 0.3) is 0 Å². The van der Waals surface area contributed by atoms with Crippen LogP contribution in [0.15, 0.2) is 12.1 Å². The van der Waals surface area contributed by atoms with Gasteiger partial charge in [0.15, 0.2) is 17.3 Å². The maximum atomic E-state index is 12.4. The highest BCUT2D eigenvalue weighted by Gasteiger charge is 2.25. The molecule has 1 saturated heterocycles. The monoisotopic (exact) mass is 346 g/mol. The molecule has 2 aliphatic heterocycles. The third-order valence-corrected chi connectivity index (χ3v) is 4.60. The summed E-state index contributed by atoms with van der Waals surface area (Å²) in [5.74, 6) is 0.867. The quantitative estimate of drug-likeness (QED) is 0.845. The zero-order chi connectivity index (χ0) is 18.0. The summed E-state index contributed by atoms with van der Waals surface area (Å²) in [6.45, 7) is 4.45. The number of nitrogens with zero attached hydrogens (tertiary/aromatic N) is 1. The molecule has 1 atom stereocenters. The minimum absolute atomic E-state index is 0.0414. The third-order valence-electron chi connectivity index (χ3n) is 4.60. The van der Waals surface area contributed by atoms with E-state index < -0.39 is 0 Å². The van der Waals surface area contributed by atoms with Crippen molar-refractivity contribution in [2.24, 2.45) is 5.92 Å². The van der Waals surface area contributed by atoms with Crippen LogP contribution in [0.5, 0.6) is 11.5 Å². The zero-order valence-corrected chi connectivity index (χ0v) is 14.5. The standard InChI is InChI=1S/C18H22N2O5/c1-11(21)14-7-16-17(25-10-24-16)8-15(14)19-18(23)6-13-4-3-5-20(9-13)12(2)22/h7-8,13H,3-6,9-10H2,1-2H3,(H,19,23). The molecule has 134 valence electrons. The first-order valence-corrected chi connectivity index (χ1v) is 8.44. The molecule has 0 saturated carbocycles. The lowest BCUT2D eigenvalue weighted by molar-refractivity contribution is -0.131. The van der Waals surface area contributed by atoms with Crippen LogP contribution >= 0.6 is 0 Å². The number of carbonyl (C=O) groups is 3. The van der Waals surface area contributed by atoms with Gasteiger partial charge in [0.1, 0.15) is 0 Å². The summed E-state index contributed by atoms with van der Waals surface area (Å²) in [6.07, 6.45) is 2.13. The van der Waals surface area contributed by atoms with E-state index in [1.165, 1.54) is 6.92 Å². The van der Waals surface area contributed by atoms with Gasteiger partial charge in [-0.1, -0.05) is 0 Å². The first-order chi connectivity index (χ1) is 11.9. The number of benzene rings is 1. The predicted octanol–water partition coefficient (Wildman–Crippen LogP) is 2.21. The van der Waals surface area contributed by atoms with Gasteiger partial charge in [0.05, 0.1) is 5.69 Å². The lowest BCUT2D eigenvalue weighted by atomic mass is 9.94. The molecule has 0 radical (unpaired) electrons. The maximum absolute atomic E-state index is 12.4. The fourth-order valence-corrected chi connectivity index (χ4v) is 3.32. The summed E-state index contributed by atoms with van der Waals surface area (Å²) in [6, 6.07) is 3.22. The minimum Gasteiger partial charge on any atom is -0.454 e. The van der Waals surface area contributed by atoms with Crippen molar-refractivity contribution in [1.29, 1.82) is 0 Å². The fourth-order valence-electron chi connectivity index (χ4n) is 3.32. The van der Waals surface area contributed by atoms with Crippen LogP contribution in [0.3, 0.4) is 0 Å². The van der Waals surface area contributed by atoms with Crippen molar-refractivity contribution in [1.82, 2.24) is 4.90 Å². The molecule has 7 nitrogen and oxygen atoms in total. The second kappa shape index (κ2) is 7.13. The number of amides is 2. The Balaban J connectivity index is 1.68. The molecule has 0 aliphatic carbocycles. The minimum atomic E-state index is -0.170. The van der Waals surface area contributed by atoms with Crippen LogP contribution in [-0.4, -0.2) is 42.4 Å². The second-order valence-corrected chi connectivity index (χ2v) is 6.53. The van der Waals surface area contributed by atoms with E-state index in [0.29, 0.717) is 35.7 Å². The van der Waals surface area contributed by atoms with E-state index in [1.807, 2.05) is 0 Å². The molecule has 2 heterocycles. The Morgan fingerprint density at radius 1 is 1.20 bits per heavy atom. The van der Waals surface area contributed by atoms with E-state index in [2.05, 4.69) is 5.32 Å². The van der Waals surface area contributed by atoms with E-state index in [4.69, 9.17) is 9.47 Å². The SMILES string of the molecule is CC(=O)c1cc2c(cc1NC(=O)CC1CCCN(C(C)=O)C1)OCO2. The normalized spacial score (nSPS) is 18.8. The van der Waals surface area contributed by atoms with Gasteiger partial charge in [0, 0.05) is 38.1 Å². The van der Waals surface area contributed by atoms with Crippen molar-refractivity contribution in [3.8, 4) is 11.5 Å². The molecule has 1 aromatic carbocycles. The smallest absolute Gasteiger partial charge is 0.231 e. The van der Waals surface area contributed by atoms with Crippen molar-refractivity contribution in [2.45, 2.75) is 33.1 Å².